The van der Waals surface area contributed by atoms with E-state index < -0.39 is 0 Å². The van der Waals surface area contributed by atoms with E-state index in [4.69, 9.17) is 11.6 Å². The minimum atomic E-state index is -0.335. The summed E-state index contributed by atoms with van der Waals surface area (Å²) in [7, 11) is 0. The quantitative estimate of drug-likeness (QED) is 0.930. The maximum absolute atomic E-state index is 12.7. The average Bonchev–Trinajstić information content (AvgIpc) is 2.37. The third-order valence-corrected chi connectivity index (χ3v) is 4.15. The molecule has 0 bridgehead atoms. The first-order valence-electron chi connectivity index (χ1n) is 7.36. The van der Waals surface area contributed by atoms with Crippen LogP contribution in [0, 0.1) is 6.92 Å². The first-order chi connectivity index (χ1) is 9.88. The van der Waals surface area contributed by atoms with Gasteiger partial charge < -0.3 is 10.0 Å². The number of rotatable bonds is 3. The Labute approximate surface area is 131 Å². The van der Waals surface area contributed by atoms with Gasteiger partial charge in [-0.25, -0.2) is 0 Å². The molecule has 4 nitrogen and oxygen atoms in total. The number of aliphatic hydroxyl groups excluding tert-OH is 1. The van der Waals surface area contributed by atoms with Crippen LogP contribution in [0.5, 0.6) is 0 Å². The topological polar surface area (TPSA) is 43.8 Å². The average molecular weight is 311 g/mol. The van der Waals surface area contributed by atoms with E-state index in [0.29, 0.717) is 18.1 Å². The maximum atomic E-state index is 12.7. The van der Waals surface area contributed by atoms with Crippen molar-refractivity contribution in [3.8, 4) is 0 Å². The number of aliphatic hydroxyl groups is 1. The van der Waals surface area contributed by atoms with Gasteiger partial charge in [-0.3, -0.25) is 9.69 Å². The second kappa shape index (κ2) is 6.77. The molecule has 1 saturated heterocycles. The van der Waals surface area contributed by atoms with Crippen molar-refractivity contribution in [3.63, 3.8) is 0 Å². The number of amides is 1. The highest BCUT2D eigenvalue weighted by atomic mass is 35.5. The Balaban J connectivity index is 2.07. The molecule has 1 aliphatic heterocycles. The Hall–Kier alpha value is -1.10. The van der Waals surface area contributed by atoms with Gasteiger partial charge in [0.15, 0.2) is 0 Å². The van der Waals surface area contributed by atoms with Gasteiger partial charge in [-0.2, -0.15) is 0 Å². The molecular formula is C16H23ClN2O2. The molecule has 5 heteroatoms. The molecule has 1 N–H and O–H groups in total. The molecule has 1 fully saturated rings. The smallest absolute Gasteiger partial charge is 0.254 e. The molecule has 0 unspecified atom stereocenters. The van der Waals surface area contributed by atoms with Crippen LogP contribution in [-0.4, -0.2) is 59.1 Å². The largest absolute Gasteiger partial charge is 0.392 e. The van der Waals surface area contributed by atoms with E-state index >= 15 is 0 Å². The van der Waals surface area contributed by atoms with Gasteiger partial charge >= 0.3 is 0 Å². The fraction of sp³-hybridized carbons (Fsp3) is 0.562. The van der Waals surface area contributed by atoms with Gasteiger partial charge in [0.2, 0.25) is 0 Å². The molecule has 1 amide bonds. The Morgan fingerprint density at radius 2 is 2.19 bits per heavy atom. The molecule has 0 aliphatic carbocycles. The molecule has 1 heterocycles. The molecule has 2 atom stereocenters. The van der Waals surface area contributed by atoms with Gasteiger partial charge in [0.1, 0.15) is 0 Å². The van der Waals surface area contributed by atoms with Crippen molar-refractivity contribution in [3.05, 3.63) is 34.3 Å². The van der Waals surface area contributed by atoms with Crippen LogP contribution in [0.25, 0.3) is 0 Å². The number of aryl methyl sites for hydroxylation is 1. The van der Waals surface area contributed by atoms with Gasteiger partial charge in [0.25, 0.3) is 5.91 Å². The molecule has 0 radical (unpaired) electrons. The zero-order valence-corrected chi connectivity index (χ0v) is 13.6. The number of carbonyl (C=O) groups excluding carboxylic acids is 1. The number of nitrogens with zero attached hydrogens (tertiary/aromatic N) is 2. The Morgan fingerprint density at radius 3 is 2.76 bits per heavy atom. The third kappa shape index (κ3) is 3.96. The predicted molar refractivity (Wildman–Crippen MR) is 84.8 cm³/mol. The Bertz CT molecular complexity index is 519. The Morgan fingerprint density at radius 1 is 1.48 bits per heavy atom. The molecule has 2 rings (SSSR count). The monoisotopic (exact) mass is 310 g/mol. The van der Waals surface area contributed by atoms with Gasteiger partial charge in [-0.15, -0.1) is 0 Å². The van der Waals surface area contributed by atoms with Crippen molar-refractivity contribution >= 4 is 17.5 Å². The van der Waals surface area contributed by atoms with E-state index in [1.54, 1.807) is 19.1 Å². The maximum Gasteiger partial charge on any atom is 0.254 e. The van der Waals surface area contributed by atoms with Crippen LogP contribution < -0.4 is 0 Å². The normalized spacial score (nSPS) is 21.4. The lowest BCUT2D eigenvalue weighted by Crippen LogP contribution is -2.55. The predicted octanol–water partition coefficient (Wildman–Crippen LogP) is 2.18. The van der Waals surface area contributed by atoms with Crippen molar-refractivity contribution in [2.75, 3.05) is 26.2 Å². The van der Waals surface area contributed by atoms with Crippen LogP contribution in [0.1, 0.15) is 29.8 Å². The summed E-state index contributed by atoms with van der Waals surface area (Å²) in [6.45, 7) is 8.70. The van der Waals surface area contributed by atoms with Gasteiger partial charge in [0.05, 0.1) is 6.10 Å². The molecule has 1 aliphatic rings. The number of hydrogen-bond donors (Lipinski definition) is 1. The molecular weight excluding hydrogens is 288 g/mol. The minimum Gasteiger partial charge on any atom is -0.392 e. The van der Waals surface area contributed by atoms with E-state index in [9.17, 15) is 9.90 Å². The van der Waals surface area contributed by atoms with E-state index in [0.717, 1.165) is 24.2 Å². The highest BCUT2D eigenvalue weighted by Gasteiger charge is 2.29. The summed E-state index contributed by atoms with van der Waals surface area (Å²) >= 11 is 5.95. The highest BCUT2D eigenvalue weighted by molar-refractivity contribution is 6.30. The van der Waals surface area contributed by atoms with E-state index in [1.807, 2.05) is 17.9 Å². The summed E-state index contributed by atoms with van der Waals surface area (Å²) in [5, 5.41) is 10.1. The number of halogens is 1. The van der Waals surface area contributed by atoms with Crippen LogP contribution in [0.15, 0.2) is 18.2 Å². The second-order valence-electron chi connectivity index (χ2n) is 5.92. The first kappa shape index (κ1) is 16.3. The minimum absolute atomic E-state index is 0.0633. The zero-order chi connectivity index (χ0) is 15.6. The van der Waals surface area contributed by atoms with E-state index in [-0.39, 0.29) is 18.1 Å². The molecule has 0 aromatic heterocycles. The first-order valence-corrected chi connectivity index (χ1v) is 7.74. The van der Waals surface area contributed by atoms with Crippen LogP contribution in [0.2, 0.25) is 5.02 Å². The SMILES string of the molecule is Cc1cc(Cl)ccc1C(=O)N1CCN(C[C@@H](C)O)C[C@@H]1C. The van der Waals surface area contributed by atoms with E-state index in [1.165, 1.54) is 0 Å². The summed E-state index contributed by atoms with van der Waals surface area (Å²) in [4.78, 5) is 16.8. The fourth-order valence-corrected chi connectivity index (χ4v) is 3.12. The van der Waals surface area contributed by atoms with E-state index in [2.05, 4.69) is 11.8 Å². The van der Waals surface area contributed by atoms with Crippen molar-refractivity contribution in [2.45, 2.75) is 32.9 Å². The molecule has 116 valence electrons. The fourth-order valence-electron chi connectivity index (χ4n) is 2.90. The zero-order valence-electron chi connectivity index (χ0n) is 12.8. The number of piperazine rings is 1. The lowest BCUT2D eigenvalue weighted by Gasteiger charge is -2.40. The van der Waals surface area contributed by atoms with Gasteiger partial charge in [-0.05, 0) is 44.5 Å². The van der Waals surface area contributed by atoms with Crippen LogP contribution in [-0.2, 0) is 0 Å². The summed E-state index contributed by atoms with van der Waals surface area (Å²) in [6, 6.07) is 5.52. The second-order valence-corrected chi connectivity index (χ2v) is 6.35. The third-order valence-electron chi connectivity index (χ3n) is 3.91. The number of carbonyl (C=O) groups is 1. The number of β-amino-alcohol motifs (C(OH)–C–C–N with tert-alkyl or cyclic N) is 1. The molecule has 1 aromatic rings. The lowest BCUT2D eigenvalue weighted by molar-refractivity contribution is 0.0382. The lowest BCUT2D eigenvalue weighted by atomic mass is 10.1. The van der Waals surface area contributed by atoms with Crippen molar-refractivity contribution in [2.24, 2.45) is 0 Å². The van der Waals surface area contributed by atoms with Gasteiger partial charge in [0, 0.05) is 42.8 Å². The Kier molecular flexibility index (Phi) is 5.25. The molecule has 0 spiro atoms. The molecule has 0 saturated carbocycles. The number of benzene rings is 1. The molecule has 1 aromatic carbocycles. The van der Waals surface area contributed by atoms with Crippen LogP contribution >= 0.6 is 11.6 Å². The standard InChI is InChI=1S/C16H23ClN2O2/c1-11-8-14(17)4-5-15(11)16(21)19-7-6-18(9-12(19)2)10-13(3)20/h4-5,8,12-13,20H,6-7,9-10H2,1-3H3/t12-,13+/m0/s1. The summed E-state index contributed by atoms with van der Waals surface area (Å²) in [5.74, 6) is 0.0633. The van der Waals surface area contributed by atoms with Crippen LogP contribution in [0.3, 0.4) is 0 Å². The summed E-state index contributed by atoms with van der Waals surface area (Å²) in [5.41, 5.74) is 1.63. The summed E-state index contributed by atoms with van der Waals surface area (Å²) < 4.78 is 0. The number of hydrogen-bond acceptors (Lipinski definition) is 3. The van der Waals surface area contributed by atoms with Crippen molar-refractivity contribution < 1.29 is 9.90 Å². The van der Waals surface area contributed by atoms with Crippen molar-refractivity contribution in [1.29, 1.82) is 0 Å². The summed E-state index contributed by atoms with van der Waals surface area (Å²) in [6.07, 6.45) is -0.335. The highest BCUT2D eigenvalue weighted by Crippen LogP contribution is 2.19. The van der Waals surface area contributed by atoms with Crippen molar-refractivity contribution in [1.82, 2.24) is 9.80 Å². The molecule has 21 heavy (non-hydrogen) atoms. The van der Waals surface area contributed by atoms with Gasteiger partial charge in [-0.1, -0.05) is 11.6 Å². The van der Waals surface area contributed by atoms with Crippen LogP contribution in [0.4, 0.5) is 0 Å².